The highest BCUT2D eigenvalue weighted by atomic mass is 79.9. The third-order valence-corrected chi connectivity index (χ3v) is 5.00. The van der Waals surface area contributed by atoms with E-state index < -0.39 is 0 Å². The summed E-state index contributed by atoms with van der Waals surface area (Å²) in [4.78, 5) is 27.1. The molecule has 0 bridgehead atoms. The van der Waals surface area contributed by atoms with Gasteiger partial charge in [0.05, 0.1) is 29.3 Å². The van der Waals surface area contributed by atoms with Gasteiger partial charge < -0.3 is 19.7 Å². The lowest BCUT2D eigenvalue weighted by Crippen LogP contribution is -2.24. The Hall–Kier alpha value is -2.32. The average molecular weight is 439 g/mol. The smallest absolute Gasteiger partial charge is 0.255 e. The van der Waals surface area contributed by atoms with Crippen molar-refractivity contribution < 1.29 is 19.1 Å². The van der Waals surface area contributed by atoms with E-state index in [9.17, 15) is 9.59 Å². The van der Waals surface area contributed by atoms with Gasteiger partial charge in [0.1, 0.15) is 0 Å². The summed E-state index contributed by atoms with van der Waals surface area (Å²) in [6, 6.07) is 6.93. The lowest BCUT2D eigenvalue weighted by Gasteiger charge is -2.17. The molecule has 8 heteroatoms. The van der Waals surface area contributed by atoms with E-state index in [1.807, 2.05) is 12.1 Å². The number of methoxy groups -OCH3 is 2. The van der Waals surface area contributed by atoms with E-state index in [4.69, 9.17) is 9.47 Å². The topological polar surface area (TPSA) is 67.9 Å². The summed E-state index contributed by atoms with van der Waals surface area (Å²) >= 11 is 4.89. The van der Waals surface area contributed by atoms with Gasteiger partial charge in [-0.1, -0.05) is 0 Å². The molecule has 0 fully saturated rings. The molecule has 6 nitrogen and oxygen atoms in total. The highest BCUT2D eigenvalue weighted by Gasteiger charge is 2.19. The van der Waals surface area contributed by atoms with Crippen molar-refractivity contribution in [2.45, 2.75) is 0 Å². The van der Waals surface area contributed by atoms with Crippen LogP contribution in [-0.4, -0.2) is 45.0 Å². The number of benzene rings is 1. The summed E-state index contributed by atoms with van der Waals surface area (Å²) < 4.78 is 11.5. The van der Waals surface area contributed by atoms with Crippen LogP contribution in [0.4, 0.5) is 5.69 Å². The zero-order chi connectivity index (χ0) is 19.3. The fourth-order valence-corrected chi connectivity index (χ4v) is 3.48. The summed E-state index contributed by atoms with van der Waals surface area (Å²) in [6.07, 6.45) is 3.12. The Morgan fingerprint density at radius 1 is 1.15 bits per heavy atom. The molecule has 0 saturated heterocycles. The van der Waals surface area contributed by atoms with Gasteiger partial charge >= 0.3 is 0 Å². The minimum atomic E-state index is -0.352. The van der Waals surface area contributed by atoms with Crippen molar-refractivity contribution in [2.75, 3.05) is 33.6 Å². The molecule has 2 rings (SSSR count). The molecule has 0 aliphatic rings. The Labute approximate surface area is 164 Å². The number of nitrogens with zero attached hydrogens (tertiary/aromatic N) is 1. The molecule has 1 aromatic heterocycles. The van der Waals surface area contributed by atoms with Crippen molar-refractivity contribution in [2.24, 2.45) is 0 Å². The van der Waals surface area contributed by atoms with Crippen molar-refractivity contribution in [3.05, 3.63) is 44.6 Å². The van der Waals surface area contributed by atoms with Gasteiger partial charge in [-0.2, -0.15) is 0 Å². The van der Waals surface area contributed by atoms with Gasteiger partial charge in [0.25, 0.3) is 5.91 Å². The van der Waals surface area contributed by atoms with E-state index in [-0.39, 0.29) is 11.8 Å². The maximum atomic E-state index is 12.5. The maximum absolute atomic E-state index is 12.5. The van der Waals surface area contributed by atoms with Gasteiger partial charge in [-0.05, 0) is 40.2 Å². The molecule has 26 heavy (non-hydrogen) atoms. The standard InChI is InChI=1S/C18H19BrN2O4S/c1-21(2)18(23)12-9-14(24-3)15(25-4)10-13(12)20-17(22)8-6-11-5-7-16(19)26-11/h5-10H,1-4H3,(H,20,22)/b8-6+. The maximum Gasteiger partial charge on any atom is 0.255 e. The molecule has 1 aromatic carbocycles. The molecule has 1 N–H and O–H groups in total. The predicted octanol–water partition coefficient (Wildman–Crippen LogP) is 3.88. The molecule has 0 spiro atoms. The Balaban J connectivity index is 2.32. The van der Waals surface area contributed by atoms with E-state index in [1.165, 1.54) is 36.5 Å². The number of ether oxygens (including phenoxy) is 2. The van der Waals surface area contributed by atoms with Crippen molar-refractivity contribution in [3.8, 4) is 11.5 Å². The number of carbonyl (C=O) groups excluding carboxylic acids is 2. The minimum Gasteiger partial charge on any atom is -0.493 e. The Kier molecular flexibility index (Phi) is 6.82. The van der Waals surface area contributed by atoms with Crippen LogP contribution in [0.3, 0.4) is 0 Å². The van der Waals surface area contributed by atoms with Gasteiger partial charge in [0.2, 0.25) is 5.91 Å². The summed E-state index contributed by atoms with van der Waals surface area (Å²) in [6.45, 7) is 0. The van der Waals surface area contributed by atoms with Crippen LogP contribution in [0.2, 0.25) is 0 Å². The number of carbonyl (C=O) groups is 2. The SMILES string of the molecule is COc1cc(NC(=O)/C=C/c2ccc(Br)s2)c(C(=O)N(C)C)cc1OC. The first-order chi connectivity index (χ1) is 12.3. The monoisotopic (exact) mass is 438 g/mol. The highest BCUT2D eigenvalue weighted by molar-refractivity contribution is 9.11. The number of halogens is 1. The summed E-state index contributed by atoms with van der Waals surface area (Å²) in [5.74, 6) is 0.223. The van der Waals surface area contributed by atoms with Crippen LogP contribution < -0.4 is 14.8 Å². The van der Waals surface area contributed by atoms with E-state index in [0.29, 0.717) is 22.7 Å². The van der Waals surface area contributed by atoms with E-state index in [2.05, 4.69) is 21.2 Å². The van der Waals surface area contributed by atoms with Gasteiger partial charge in [-0.15, -0.1) is 11.3 Å². The summed E-state index contributed by atoms with van der Waals surface area (Å²) in [5.41, 5.74) is 0.664. The zero-order valence-corrected chi connectivity index (χ0v) is 17.2. The fraction of sp³-hybridized carbons (Fsp3) is 0.222. The zero-order valence-electron chi connectivity index (χ0n) is 14.8. The fourth-order valence-electron chi connectivity index (χ4n) is 2.15. The lowest BCUT2D eigenvalue weighted by atomic mass is 10.1. The van der Waals surface area contributed by atoms with Gasteiger partial charge in [-0.25, -0.2) is 0 Å². The molecule has 0 aliphatic carbocycles. The van der Waals surface area contributed by atoms with E-state index in [0.717, 1.165) is 8.66 Å². The first kappa shape index (κ1) is 20.0. The molecule has 2 aromatic rings. The summed E-state index contributed by atoms with van der Waals surface area (Å²) in [5, 5.41) is 2.73. The van der Waals surface area contributed by atoms with Gasteiger partial charge in [0.15, 0.2) is 11.5 Å². The van der Waals surface area contributed by atoms with Crippen molar-refractivity contribution >= 4 is 50.8 Å². The number of nitrogens with one attached hydrogen (secondary N) is 1. The van der Waals surface area contributed by atoms with Gasteiger partial charge in [0, 0.05) is 31.1 Å². The predicted molar refractivity (Wildman–Crippen MR) is 107 cm³/mol. The van der Waals surface area contributed by atoms with Crippen LogP contribution in [-0.2, 0) is 4.79 Å². The Morgan fingerprint density at radius 2 is 1.81 bits per heavy atom. The molecule has 1 heterocycles. The second kappa shape index (κ2) is 8.86. The number of thiophene rings is 1. The number of anilines is 1. The molecule has 138 valence electrons. The minimum absolute atomic E-state index is 0.257. The number of hydrogen-bond donors (Lipinski definition) is 1. The van der Waals surface area contributed by atoms with Crippen LogP contribution in [0.1, 0.15) is 15.2 Å². The first-order valence-corrected chi connectivity index (χ1v) is 9.18. The van der Waals surface area contributed by atoms with Gasteiger partial charge in [-0.3, -0.25) is 9.59 Å². The second-order valence-corrected chi connectivity index (χ2v) is 7.91. The van der Waals surface area contributed by atoms with Crippen molar-refractivity contribution in [3.63, 3.8) is 0 Å². The molecule has 0 radical (unpaired) electrons. The average Bonchev–Trinajstić information content (AvgIpc) is 3.04. The molecule has 2 amide bonds. The quantitative estimate of drug-likeness (QED) is 0.694. The van der Waals surface area contributed by atoms with Crippen molar-refractivity contribution in [1.82, 2.24) is 4.90 Å². The van der Waals surface area contributed by atoms with E-state index >= 15 is 0 Å². The number of hydrogen-bond acceptors (Lipinski definition) is 5. The first-order valence-electron chi connectivity index (χ1n) is 7.57. The third kappa shape index (κ3) is 4.86. The van der Waals surface area contributed by atoms with E-state index in [1.54, 1.807) is 32.3 Å². The molecule has 0 aliphatic heterocycles. The van der Waals surface area contributed by atoms with Crippen LogP contribution in [0.15, 0.2) is 34.1 Å². The second-order valence-electron chi connectivity index (χ2n) is 5.42. The number of rotatable bonds is 6. The normalized spacial score (nSPS) is 10.7. The molecule has 0 unspecified atom stereocenters. The summed E-state index contributed by atoms with van der Waals surface area (Å²) in [7, 11) is 6.26. The lowest BCUT2D eigenvalue weighted by molar-refractivity contribution is -0.111. The van der Waals surface area contributed by atoms with Crippen LogP contribution >= 0.6 is 27.3 Å². The highest BCUT2D eigenvalue weighted by Crippen LogP contribution is 2.34. The van der Waals surface area contributed by atoms with Crippen LogP contribution in [0.5, 0.6) is 11.5 Å². The van der Waals surface area contributed by atoms with Crippen molar-refractivity contribution in [1.29, 1.82) is 0 Å². The number of amides is 2. The largest absolute Gasteiger partial charge is 0.493 e. The Bertz CT molecular complexity index is 846. The van der Waals surface area contributed by atoms with Crippen LogP contribution in [0, 0.1) is 0 Å². The van der Waals surface area contributed by atoms with Crippen LogP contribution in [0.25, 0.3) is 6.08 Å². The Morgan fingerprint density at radius 3 is 2.35 bits per heavy atom. The molecule has 0 atom stereocenters. The third-order valence-electron chi connectivity index (χ3n) is 3.41. The molecule has 0 saturated carbocycles. The molecular formula is C18H19BrN2O4S. The molecular weight excluding hydrogens is 420 g/mol.